The van der Waals surface area contributed by atoms with Crippen molar-refractivity contribution in [3.63, 3.8) is 0 Å². The third kappa shape index (κ3) is 1.36. The maximum absolute atomic E-state index is 5.81. The second-order valence-corrected chi connectivity index (χ2v) is 4.65. The molecule has 0 aliphatic heterocycles. The Morgan fingerprint density at radius 1 is 1.36 bits per heavy atom. The predicted octanol–water partition coefficient (Wildman–Crippen LogP) is 2.85. The lowest BCUT2D eigenvalue weighted by atomic mass is 9.95. The van der Waals surface area contributed by atoms with Crippen molar-refractivity contribution in [3.8, 4) is 0 Å². The zero-order chi connectivity index (χ0) is 10.3. The molecule has 76 valence electrons. The molecule has 1 nitrogen and oxygen atoms in total. The molecule has 2 N–H and O–H groups in total. The van der Waals surface area contributed by atoms with Gasteiger partial charge in [0.2, 0.25) is 0 Å². The summed E-state index contributed by atoms with van der Waals surface area (Å²) >= 11 is 0. The molecule has 0 aromatic heterocycles. The van der Waals surface area contributed by atoms with Crippen LogP contribution in [0.1, 0.15) is 47.4 Å². The Morgan fingerprint density at radius 3 is 2.71 bits per heavy atom. The van der Waals surface area contributed by atoms with Crippen LogP contribution in [0.3, 0.4) is 0 Å². The molecule has 2 unspecified atom stereocenters. The molecule has 0 radical (unpaired) electrons. The van der Waals surface area contributed by atoms with Crippen LogP contribution in [0.5, 0.6) is 0 Å². The highest BCUT2D eigenvalue weighted by atomic mass is 14.6. The van der Waals surface area contributed by atoms with Gasteiger partial charge in [-0.15, -0.1) is 0 Å². The minimum Gasteiger partial charge on any atom is -0.330 e. The van der Waals surface area contributed by atoms with E-state index in [0.29, 0.717) is 11.8 Å². The fraction of sp³-hybridized carbons (Fsp3) is 0.538. The fourth-order valence-electron chi connectivity index (χ4n) is 2.92. The molecular formula is C13H19N. The van der Waals surface area contributed by atoms with Crippen LogP contribution in [0, 0.1) is 13.8 Å². The Labute approximate surface area is 86.3 Å². The van der Waals surface area contributed by atoms with Gasteiger partial charge in [0.1, 0.15) is 0 Å². The van der Waals surface area contributed by atoms with Crippen molar-refractivity contribution in [1.82, 2.24) is 0 Å². The van der Waals surface area contributed by atoms with Crippen molar-refractivity contribution in [2.75, 3.05) is 6.54 Å². The number of aryl methyl sites for hydroxylation is 2. The lowest BCUT2D eigenvalue weighted by Gasteiger charge is -2.11. The molecule has 0 fully saturated rings. The number of fused-ring (bicyclic) bond motifs is 1. The first-order valence-electron chi connectivity index (χ1n) is 5.44. The minimum absolute atomic E-state index is 0.596. The van der Waals surface area contributed by atoms with Crippen molar-refractivity contribution < 1.29 is 0 Å². The highest BCUT2D eigenvalue weighted by molar-refractivity contribution is 5.46. The zero-order valence-electron chi connectivity index (χ0n) is 9.30. The topological polar surface area (TPSA) is 26.0 Å². The summed E-state index contributed by atoms with van der Waals surface area (Å²) < 4.78 is 0. The Morgan fingerprint density at radius 2 is 2.07 bits per heavy atom. The van der Waals surface area contributed by atoms with Gasteiger partial charge in [-0.05, 0) is 55.3 Å². The third-order valence-corrected chi connectivity index (χ3v) is 3.42. The second-order valence-electron chi connectivity index (χ2n) is 4.65. The normalized spacial score (nSPS) is 25.1. The summed E-state index contributed by atoms with van der Waals surface area (Å²) in [4.78, 5) is 0. The number of hydrogen-bond donors (Lipinski definition) is 1. The van der Waals surface area contributed by atoms with Crippen LogP contribution in [0.15, 0.2) is 12.1 Å². The number of rotatable bonds is 1. The number of nitrogens with two attached hydrogens (primary N) is 1. The van der Waals surface area contributed by atoms with E-state index >= 15 is 0 Å². The summed E-state index contributed by atoms with van der Waals surface area (Å²) in [7, 11) is 0. The lowest BCUT2D eigenvalue weighted by molar-refractivity contribution is 0.625. The molecule has 1 aromatic rings. The summed E-state index contributed by atoms with van der Waals surface area (Å²) in [5.41, 5.74) is 11.7. The summed E-state index contributed by atoms with van der Waals surface area (Å²) in [5.74, 6) is 1.29. The van der Waals surface area contributed by atoms with Gasteiger partial charge in [-0.1, -0.05) is 24.6 Å². The van der Waals surface area contributed by atoms with E-state index < -0.39 is 0 Å². The highest BCUT2D eigenvalue weighted by Crippen LogP contribution is 2.42. The summed E-state index contributed by atoms with van der Waals surface area (Å²) in [6.45, 7) is 7.50. The molecule has 0 saturated heterocycles. The van der Waals surface area contributed by atoms with Gasteiger partial charge in [0.15, 0.2) is 0 Å². The Kier molecular flexibility index (Phi) is 2.36. The van der Waals surface area contributed by atoms with E-state index in [9.17, 15) is 0 Å². The van der Waals surface area contributed by atoms with Crippen LogP contribution >= 0.6 is 0 Å². The second kappa shape index (κ2) is 3.39. The van der Waals surface area contributed by atoms with Crippen LogP contribution in [0.25, 0.3) is 0 Å². The molecule has 0 spiro atoms. The quantitative estimate of drug-likeness (QED) is 0.722. The van der Waals surface area contributed by atoms with Crippen LogP contribution < -0.4 is 5.73 Å². The van der Waals surface area contributed by atoms with E-state index in [1.807, 2.05) is 0 Å². The molecule has 0 bridgehead atoms. The number of benzene rings is 1. The van der Waals surface area contributed by atoms with Gasteiger partial charge >= 0.3 is 0 Å². The molecule has 0 heterocycles. The van der Waals surface area contributed by atoms with E-state index in [2.05, 4.69) is 32.9 Å². The lowest BCUT2D eigenvalue weighted by Crippen LogP contribution is -2.09. The largest absolute Gasteiger partial charge is 0.330 e. The monoisotopic (exact) mass is 189 g/mol. The molecule has 1 heteroatoms. The van der Waals surface area contributed by atoms with Gasteiger partial charge in [0, 0.05) is 0 Å². The minimum atomic E-state index is 0.596. The maximum atomic E-state index is 5.81. The maximum Gasteiger partial charge on any atom is -0.000791 e. The average molecular weight is 189 g/mol. The van der Waals surface area contributed by atoms with Crippen molar-refractivity contribution >= 4 is 0 Å². The van der Waals surface area contributed by atoms with E-state index in [4.69, 9.17) is 5.73 Å². The molecule has 1 aliphatic carbocycles. The Balaban J connectivity index is 2.56. The van der Waals surface area contributed by atoms with Crippen LogP contribution in [0.4, 0.5) is 0 Å². The van der Waals surface area contributed by atoms with E-state index in [1.54, 1.807) is 5.56 Å². The molecule has 1 aromatic carbocycles. The summed E-state index contributed by atoms with van der Waals surface area (Å²) in [5, 5.41) is 0. The predicted molar refractivity (Wildman–Crippen MR) is 60.7 cm³/mol. The molecule has 2 rings (SSSR count). The van der Waals surface area contributed by atoms with E-state index in [0.717, 1.165) is 6.54 Å². The summed E-state index contributed by atoms with van der Waals surface area (Å²) in [6, 6.07) is 4.61. The van der Waals surface area contributed by atoms with Gasteiger partial charge in [-0.3, -0.25) is 0 Å². The molecule has 1 aliphatic rings. The molecule has 2 atom stereocenters. The third-order valence-electron chi connectivity index (χ3n) is 3.42. The fourth-order valence-corrected chi connectivity index (χ4v) is 2.92. The van der Waals surface area contributed by atoms with Crippen molar-refractivity contribution in [3.05, 3.63) is 34.4 Å². The van der Waals surface area contributed by atoms with E-state index in [1.165, 1.54) is 23.1 Å². The molecular weight excluding hydrogens is 170 g/mol. The first-order valence-corrected chi connectivity index (χ1v) is 5.44. The van der Waals surface area contributed by atoms with Gasteiger partial charge in [-0.25, -0.2) is 0 Å². The highest BCUT2D eigenvalue weighted by Gasteiger charge is 2.28. The first-order chi connectivity index (χ1) is 6.63. The number of hydrogen-bond acceptors (Lipinski definition) is 1. The zero-order valence-corrected chi connectivity index (χ0v) is 9.30. The van der Waals surface area contributed by atoms with Gasteiger partial charge < -0.3 is 5.73 Å². The van der Waals surface area contributed by atoms with E-state index in [-0.39, 0.29) is 0 Å². The average Bonchev–Trinajstić information content (AvgIpc) is 2.42. The van der Waals surface area contributed by atoms with Crippen LogP contribution in [-0.2, 0) is 0 Å². The Hall–Kier alpha value is -0.820. The molecule has 14 heavy (non-hydrogen) atoms. The molecule has 0 amide bonds. The van der Waals surface area contributed by atoms with Gasteiger partial charge in [0.25, 0.3) is 0 Å². The van der Waals surface area contributed by atoms with Crippen molar-refractivity contribution in [2.24, 2.45) is 5.73 Å². The summed E-state index contributed by atoms with van der Waals surface area (Å²) in [6.07, 6.45) is 1.23. The smallest absolute Gasteiger partial charge is 0.000791 e. The van der Waals surface area contributed by atoms with Crippen molar-refractivity contribution in [1.29, 1.82) is 0 Å². The standard InChI is InChI=1S/C13H19N/c1-8-4-9(2)13-10(3)6-11(7-14)12(13)5-8/h4-5,10-11H,6-7,14H2,1-3H3. The first kappa shape index (κ1) is 9.72. The van der Waals surface area contributed by atoms with Crippen LogP contribution in [-0.4, -0.2) is 6.54 Å². The van der Waals surface area contributed by atoms with Gasteiger partial charge in [-0.2, -0.15) is 0 Å². The Bertz CT molecular complexity index is 354. The SMILES string of the molecule is Cc1cc(C)c2c(c1)C(CN)CC2C. The van der Waals surface area contributed by atoms with Gasteiger partial charge in [0.05, 0.1) is 0 Å². The van der Waals surface area contributed by atoms with Crippen LogP contribution in [0.2, 0.25) is 0 Å². The molecule has 0 saturated carbocycles. The van der Waals surface area contributed by atoms with Crippen molar-refractivity contribution in [2.45, 2.75) is 39.0 Å².